The van der Waals surface area contributed by atoms with E-state index < -0.39 is 0 Å². The van der Waals surface area contributed by atoms with Crippen molar-refractivity contribution in [1.82, 2.24) is 0 Å². The summed E-state index contributed by atoms with van der Waals surface area (Å²) >= 11 is 0. The maximum Gasteiger partial charge on any atom is 0.160 e. The van der Waals surface area contributed by atoms with Gasteiger partial charge in [0.2, 0.25) is 0 Å². The predicted octanol–water partition coefficient (Wildman–Crippen LogP) is 7.20. The second kappa shape index (κ2) is 8.96. The number of Topliss-reactive ketones (excluding diaryl/α,β-unsaturated/α-hetero) is 1. The molecule has 1 atom stereocenters. The zero-order valence-electron chi connectivity index (χ0n) is 17.0. The first-order valence-electron chi connectivity index (χ1n) is 10.0. The van der Waals surface area contributed by atoms with Crippen LogP contribution in [0.25, 0.3) is 0 Å². The summed E-state index contributed by atoms with van der Waals surface area (Å²) in [4.78, 5) is 12.3. The number of carbonyl (C=O) groups excluding carboxylic acids is 1. The number of nitrogens with zero attached hydrogens (tertiary/aromatic N) is 2. The van der Waals surface area contributed by atoms with Gasteiger partial charge < -0.3 is 5.32 Å². The molecule has 1 saturated carbocycles. The normalized spacial score (nSPS) is 19.3. The number of nitrogens with one attached hydrogen (secondary N) is 1. The van der Waals surface area contributed by atoms with Crippen LogP contribution in [0.15, 0.2) is 76.6 Å². The Balaban J connectivity index is 1.63. The number of hydrogen-bond donors (Lipinski definition) is 1. The van der Waals surface area contributed by atoms with Crippen LogP contribution in [0, 0.1) is 11.3 Å². The van der Waals surface area contributed by atoms with Crippen molar-refractivity contribution in [3.05, 3.63) is 66.4 Å². The van der Waals surface area contributed by atoms with Crippen molar-refractivity contribution in [3.63, 3.8) is 0 Å². The van der Waals surface area contributed by atoms with E-state index >= 15 is 0 Å². The van der Waals surface area contributed by atoms with Gasteiger partial charge in [-0.25, -0.2) is 0 Å². The minimum Gasteiger partial charge on any atom is -0.361 e. The van der Waals surface area contributed by atoms with Gasteiger partial charge in [0.25, 0.3) is 0 Å². The Labute approximate surface area is 167 Å². The second-order valence-electron chi connectivity index (χ2n) is 8.10. The molecule has 1 N–H and O–H groups in total. The highest BCUT2D eigenvalue weighted by atomic mass is 16.1. The third-order valence-electron chi connectivity index (χ3n) is 5.88. The summed E-state index contributed by atoms with van der Waals surface area (Å²) < 4.78 is 0. The fourth-order valence-corrected chi connectivity index (χ4v) is 3.45. The number of benzene rings is 2. The first-order chi connectivity index (χ1) is 13.5. The van der Waals surface area contributed by atoms with E-state index in [2.05, 4.69) is 36.3 Å². The average Bonchev–Trinajstić information content (AvgIpc) is 2.73. The summed E-state index contributed by atoms with van der Waals surface area (Å²) in [7, 11) is 0. The molecule has 2 aromatic rings. The molecule has 28 heavy (non-hydrogen) atoms. The molecule has 0 aromatic heterocycles. The summed E-state index contributed by atoms with van der Waals surface area (Å²) in [5, 5.41) is 11.8. The molecule has 4 heteroatoms. The van der Waals surface area contributed by atoms with Gasteiger partial charge in [0.1, 0.15) is 0 Å². The molecule has 146 valence electrons. The van der Waals surface area contributed by atoms with Crippen molar-refractivity contribution >= 4 is 22.8 Å². The van der Waals surface area contributed by atoms with Crippen LogP contribution in [0.4, 0.5) is 17.1 Å². The Bertz CT molecular complexity index is 851. The molecule has 1 fully saturated rings. The topological polar surface area (TPSA) is 53.8 Å². The van der Waals surface area contributed by atoms with E-state index in [1.165, 1.54) is 0 Å². The molecule has 0 spiro atoms. The molecule has 0 bridgehead atoms. The molecule has 0 amide bonds. The van der Waals surface area contributed by atoms with Crippen LogP contribution in [-0.4, -0.2) is 5.78 Å². The third kappa shape index (κ3) is 5.16. The molecule has 4 nitrogen and oxygen atoms in total. The Morgan fingerprint density at radius 2 is 1.68 bits per heavy atom. The van der Waals surface area contributed by atoms with Gasteiger partial charge in [0.05, 0.1) is 11.4 Å². The maximum atomic E-state index is 12.3. The first-order valence-corrected chi connectivity index (χ1v) is 10.0. The average molecular weight is 376 g/mol. The molecule has 0 unspecified atom stereocenters. The van der Waals surface area contributed by atoms with Gasteiger partial charge in [-0.3, -0.25) is 4.79 Å². The van der Waals surface area contributed by atoms with Gasteiger partial charge in [0.15, 0.2) is 5.78 Å². The van der Waals surface area contributed by atoms with Gasteiger partial charge in [-0.15, -0.1) is 0 Å². The lowest BCUT2D eigenvalue weighted by Gasteiger charge is -2.36. The van der Waals surface area contributed by atoms with Crippen LogP contribution in [0.3, 0.4) is 0 Å². The van der Waals surface area contributed by atoms with E-state index in [1.807, 2.05) is 60.8 Å². The molecule has 0 radical (unpaired) electrons. The van der Waals surface area contributed by atoms with Gasteiger partial charge in [0, 0.05) is 23.9 Å². The van der Waals surface area contributed by atoms with E-state index in [0.717, 1.165) is 41.9 Å². The van der Waals surface area contributed by atoms with Crippen LogP contribution in [0.5, 0.6) is 0 Å². The summed E-state index contributed by atoms with van der Waals surface area (Å²) in [6.45, 7) is 6.84. The van der Waals surface area contributed by atoms with Crippen molar-refractivity contribution in [3.8, 4) is 0 Å². The highest BCUT2D eigenvalue weighted by molar-refractivity contribution is 5.96. The molecular weight excluding hydrogens is 346 g/mol. The summed E-state index contributed by atoms with van der Waals surface area (Å²) in [5.74, 6) is 0.827. The summed E-state index contributed by atoms with van der Waals surface area (Å²) in [6, 6.07) is 17.4. The lowest BCUT2D eigenvalue weighted by atomic mass is 9.68. The summed E-state index contributed by atoms with van der Waals surface area (Å²) in [5.41, 5.74) is 3.74. The molecule has 1 aliphatic carbocycles. The highest BCUT2D eigenvalue weighted by Gasteiger charge is 2.33. The lowest BCUT2D eigenvalue weighted by molar-refractivity contribution is -0.117. The number of carbonyl (C=O) groups is 1. The van der Waals surface area contributed by atoms with Gasteiger partial charge >= 0.3 is 0 Å². The van der Waals surface area contributed by atoms with Crippen molar-refractivity contribution in [1.29, 1.82) is 0 Å². The van der Waals surface area contributed by atoms with Crippen molar-refractivity contribution in [2.24, 2.45) is 21.6 Å². The maximum absolute atomic E-state index is 12.3. The third-order valence-corrected chi connectivity index (χ3v) is 5.88. The number of allylic oxidation sites excluding steroid dienone is 1. The van der Waals surface area contributed by atoms with Gasteiger partial charge in [-0.1, -0.05) is 45.4 Å². The van der Waals surface area contributed by atoms with E-state index in [4.69, 9.17) is 0 Å². The minimum absolute atomic E-state index is 0.268. The molecule has 3 rings (SSSR count). The number of rotatable bonds is 6. The standard InChI is InChI=1S/C24H29N3O/c1-4-24(2,3)19-10-15-23(28)18(16-19)17-25-20-11-13-22(14-12-20)27-26-21-8-6-5-7-9-21/h5-9,11-14,17,19,25H,4,10,15-16H2,1-3H3/b18-17+,27-26?/t19-/m1/s1. The van der Waals surface area contributed by atoms with Crippen molar-refractivity contribution in [2.75, 3.05) is 5.32 Å². The monoisotopic (exact) mass is 375 g/mol. The molecule has 0 heterocycles. The van der Waals surface area contributed by atoms with Crippen LogP contribution in [0.1, 0.15) is 46.5 Å². The Hall–Kier alpha value is -2.75. The van der Waals surface area contributed by atoms with E-state index in [9.17, 15) is 4.79 Å². The SMILES string of the molecule is CCC(C)(C)[C@@H]1CCC(=O)/C(=C/Nc2ccc(N=Nc3ccccc3)cc2)C1. The molecule has 0 saturated heterocycles. The zero-order valence-corrected chi connectivity index (χ0v) is 17.0. The smallest absolute Gasteiger partial charge is 0.160 e. The van der Waals surface area contributed by atoms with Gasteiger partial charge in [-0.2, -0.15) is 10.2 Å². The highest BCUT2D eigenvalue weighted by Crippen LogP contribution is 2.41. The number of azo groups is 1. The fraction of sp³-hybridized carbons (Fsp3) is 0.375. The van der Waals surface area contributed by atoms with Crippen LogP contribution in [-0.2, 0) is 4.79 Å². The largest absolute Gasteiger partial charge is 0.361 e. The van der Waals surface area contributed by atoms with E-state index in [1.54, 1.807) is 0 Å². The predicted molar refractivity (Wildman–Crippen MR) is 115 cm³/mol. The number of hydrogen-bond acceptors (Lipinski definition) is 4. The molecule has 2 aromatic carbocycles. The van der Waals surface area contributed by atoms with Gasteiger partial charge in [-0.05, 0) is 60.6 Å². The Kier molecular flexibility index (Phi) is 6.40. The zero-order chi connectivity index (χ0) is 20.0. The fourth-order valence-electron chi connectivity index (χ4n) is 3.45. The van der Waals surface area contributed by atoms with Crippen LogP contribution < -0.4 is 5.32 Å². The van der Waals surface area contributed by atoms with E-state index in [-0.39, 0.29) is 11.2 Å². The Morgan fingerprint density at radius 3 is 2.32 bits per heavy atom. The van der Waals surface area contributed by atoms with E-state index in [0.29, 0.717) is 12.3 Å². The molecular formula is C24H29N3O. The Morgan fingerprint density at radius 1 is 1.04 bits per heavy atom. The lowest BCUT2D eigenvalue weighted by Crippen LogP contribution is -2.29. The molecule has 0 aliphatic heterocycles. The number of ketones is 1. The first kappa shape index (κ1) is 20.0. The minimum atomic E-state index is 0.268. The van der Waals surface area contributed by atoms with Crippen molar-refractivity contribution in [2.45, 2.75) is 46.5 Å². The summed E-state index contributed by atoms with van der Waals surface area (Å²) in [6.07, 6.45) is 5.53. The van der Waals surface area contributed by atoms with Crippen LogP contribution >= 0.6 is 0 Å². The quantitative estimate of drug-likeness (QED) is 0.428. The van der Waals surface area contributed by atoms with Crippen molar-refractivity contribution < 1.29 is 4.79 Å². The second-order valence-corrected chi connectivity index (χ2v) is 8.10. The number of anilines is 1. The van der Waals surface area contributed by atoms with Crippen LogP contribution in [0.2, 0.25) is 0 Å². The molecule has 1 aliphatic rings.